The largest absolute Gasteiger partial charge is 0.496 e. The van der Waals surface area contributed by atoms with Crippen LogP contribution in [-0.2, 0) is 4.79 Å². The minimum atomic E-state index is -0.113. The monoisotopic (exact) mass is 263 g/mol. The summed E-state index contributed by atoms with van der Waals surface area (Å²) in [5, 5.41) is 2.88. The molecule has 1 fully saturated rings. The zero-order valence-electron chi connectivity index (χ0n) is 11.5. The number of nitrogens with two attached hydrogens (primary N) is 1. The third-order valence-electron chi connectivity index (χ3n) is 3.37. The fourth-order valence-electron chi connectivity index (χ4n) is 2.45. The number of nitrogens with zero attached hydrogens (tertiary/aromatic N) is 1. The molecule has 0 unspecified atom stereocenters. The molecule has 0 spiro atoms. The van der Waals surface area contributed by atoms with E-state index in [-0.39, 0.29) is 11.9 Å². The van der Waals surface area contributed by atoms with Gasteiger partial charge >= 0.3 is 0 Å². The lowest BCUT2D eigenvalue weighted by atomic mass is 10.0. The maximum Gasteiger partial charge on any atom is 0.221 e. The maximum absolute atomic E-state index is 11.4. The van der Waals surface area contributed by atoms with Crippen molar-refractivity contribution in [1.82, 2.24) is 5.32 Å². The summed E-state index contributed by atoms with van der Waals surface area (Å²) in [6, 6.07) is 5.80. The SMILES string of the molecule is COc1cccc(N2CCNC(=O)CC2)c1[C@H](C)N. The third kappa shape index (κ3) is 2.98. The number of carbonyl (C=O) groups excluding carboxylic acids is 1. The van der Waals surface area contributed by atoms with Crippen LogP contribution in [0.1, 0.15) is 24.9 Å². The van der Waals surface area contributed by atoms with Crippen LogP contribution in [0.3, 0.4) is 0 Å². The molecule has 0 bridgehead atoms. The quantitative estimate of drug-likeness (QED) is 0.855. The molecule has 1 aliphatic heterocycles. The zero-order chi connectivity index (χ0) is 13.8. The van der Waals surface area contributed by atoms with E-state index in [9.17, 15) is 4.79 Å². The second kappa shape index (κ2) is 5.93. The van der Waals surface area contributed by atoms with Gasteiger partial charge in [0.2, 0.25) is 5.91 Å². The Labute approximate surface area is 113 Å². The number of nitrogens with one attached hydrogen (secondary N) is 1. The molecule has 1 atom stereocenters. The molecular formula is C14H21N3O2. The number of rotatable bonds is 3. The number of methoxy groups -OCH3 is 1. The fourth-order valence-corrected chi connectivity index (χ4v) is 2.45. The first kappa shape index (κ1) is 13.7. The predicted molar refractivity (Wildman–Crippen MR) is 75.4 cm³/mol. The summed E-state index contributed by atoms with van der Waals surface area (Å²) in [5.74, 6) is 0.906. The summed E-state index contributed by atoms with van der Waals surface area (Å²) in [6.07, 6.45) is 0.510. The van der Waals surface area contributed by atoms with Gasteiger partial charge in [-0.2, -0.15) is 0 Å². The Bertz CT molecular complexity index is 460. The molecule has 19 heavy (non-hydrogen) atoms. The van der Waals surface area contributed by atoms with E-state index in [0.717, 1.165) is 23.5 Å². The van der Waals surface area contributed by atoms with Crippen LogP contribution < -0.4 is 20.7 Å². The average molecular weight is 263 g/mol. The second-order valence-electron chi connectivity index (χ2n) is 4.77. The van der Waals surface area contributed by atoms with Crippen LogP contribution >= 0.6 is 0 Å². The van der Waals surface area contributed by atoms with E-state index in [1.165, 1.54) is 0 Å². The summed E-state index contributed by atoms with van der Waals surface area (Å²) >= 11 is 0. The van der Waals surface area contributed by atoms with Crippen molar-refractivity contribution in [2.45, 2.75) is 19.4 Å². The smallest absolute Gasteiger partial charge is 0.221 e. The summed E-state index contributed by atoms with van der Waals surface area (Å²) in [6.45, 7) is 4.11. The third-order valence-corrected chi connectivity index (χ3v) is 3.37. The number of hydrogen-bond donors (Lipinski definition) is 2. The number of hydrogen-bond acceptors (Lipinski definition) is 4. The molecule has 104 valence electrons. The zero-order valence-corrected chi connectivity index (χ0v) is 11.5. The van der Waals surface area contributed by atoms with Crippen LogP contribution in [-0.4, -0.2) is 32.7 Å². The average Bonchev–Trinajstić information content (AvgIpc) is 2.62. The van der Waals surface area contributed by atoms with E-state index >= 15 is 0 Å². The molecule has 0 saturated carbocycles. The summed E-state index contributed by atoms with van der Waals surface area (Å²) in [5.41, 5.74) is 8.14. The molecule has 1 amide bonds. The van der Waals surface area contributed by atoms with Crippen molar-refractivity contribution in [1.29, 1.82) is 0 Å². The van der Waals surface area contributed by atoms with Crippen molar-refractivity contribution in [3.05, 3.63) is 23.8 Å². The number of ether oxygens (including phenoxy) is 1. The van der Waals surface area contributed by atoms with Gasteiger partial charge in [-0.3, -0.25) is 4.79 Å². The van der Waals surface area contributed by atoms with E-state index in [2.05, 4.69) is 10.2 Å². The first-order chi connectivity index (χ1) is 9.13. The normalized spacial score (nSPS) is 17.6. The van der Waals surface area contributed by atoms with Crippen molar-refractivity contribution in [3.8, 4) is 5.75 Å². The molecule has 1 aliphatic rings. The van der Waals surface area contributed by atoms with Gasteiger partial charge in [-0.15, -0.1) is 0 Å². The van der Waals surface area contributed by atoms with Gasteiger partial charge in [0, 0.05) is 43.3 Å². The van der Waals surface area contributed by atoms with Crippen LogP contribution in [0.2, 0.25) is 0 Å². The molecule has 1 saturated heterocycles. The van der Waals surface area contributed by atoms with E-state index < -0.39 is 0 Å². The molecule has 3 N–H and O–H groups in total. The topological polar surface area (TPSA) is 67.6 Å². The Morgan fingerprint density at radius 2 is 2.21 bits per heavy atom. The van der Waals surface area contributed by atoms with Gasteiger partial charge in [-0.25, -0.2) is 0 Å². The summed E-state index contributed by atoms with van der Waals surface area (Å²) in [4.78, 5) is 13.6. The highest BCUT2D eigenvalue weighted by molar-refractivity contribution is 5.77. The Hall–Kier alpha value is -1.75. The lowest BCUT2D eigenvalue weighted by Crippen LogP contribution is -2.29. The molecule has 0 aromatic heterocycles. The summed E-state index contributed by atoms with van der Waals surface area (Å²) in [7, 11) is 1.65. The van der Waals surface area contributed by atoms with Gasteiger partial charge in [0.25, 0.3) is 0 Å². The number of carbonyl (C=O) groups is 1. The van der Waals surface area contributed by atoms with Gasteiger partial charge in [0.05, 0.1) is 7.11 Å². The van der Waals surface area contributed by atoms with Crippen LogP contribution in [0.4, 0.5) is 5.69 Å². The maximum atomic E-state index is 11.4. The van der Waals surface area contributed by atoms with Gasteiger partial charge < -0.3 is 20.7 Å². The second-order valence-corrected chi connectivity index (χ2v) is 4.77. The molecule has 2 rings (SSSR count). The van der Waals surface area contributed by atoms with Crippen molar-refractivity contribution in [3.63, 3.8) is 0 Å². The van der Waals surface area contributed by atoms with Crippen molar-refractivity contribution < 1.29 is 9.53 Å². The summed E-state index contributed by atoms with van der Waals surface area (Å²) < 4.78 is 5.40. The molecule has 5 nitrogen and oxygen atoms in total. The Morgan fingerprint density at radius 1 is 1.42 bits per heavy atom. The minimum absolute atomic E-state index is 0.104. The van der Waals surface area contributed by atoms with Crippen LogP contribution in [0.25, 0.3) is 0 Å². The van der Waals surface area contributed by atoms with Gasteiger partial charge in [0.15, 0.2) is 0 Å². The van der Waals surface area contributed by atoms with Crippen LogP contribution in [0.15, 0.2) is 18.2 Å². The highest BCUT2D eigenvalue weighted by Gasteiger charge is 2.20. The lowest BCUT2D eigenvalue weighted by Gasteiger charge is -2.27. The van der Waals surface area contributed by atoms with Gasteiger partial charge in [-0.05, 0) is 19.1 Å². The van der Waals surface area contributed by atoms with Crippen LogP contribution in [0.5, 0.6) is 5.75 Å². The first-order valence-electron chi connectivity index (χ1n) is 6.57. The lowest BCUT2D eigenvalue weighted by molar-refractivity contribution is -0.120. The van der Waals surface area contributed by atoms with Gasteiger partial charge in [0.1, 0.15) is 5.75 Å². The molecule has 0 radical (unpaired) electrons. The Morgan fingerprint density at radius 3 is 2.89 bits per heavy atom. The van der Waals surface area contributed by atoms with Crippen molar-refractivity contribution in [2.75, 3.05) is 31.6 Å². The van der Waals surface area contributed by atoms with Gasteiger partial charge in [-0.1, -0.05) is 6.07 Å². The van der Waals surface area contributed by atoms with Crippen molar-refractivity contribution >= 4 is 11.6 Å². The van der Waals surface area contributed by atoms with E-state index in [4.69, 9.17) is 10.5 Å². The minimum Gasteiger partial charge on any atom is -0.496 e. The Kier molecular flexibility index (Phi) is 4.27. The fraction of sp³-hybridized carbons (Fsp3) is 0.500. The highest BCUT2D eigenvalue weighted by Crippen LogP contribution is 2.33. The number of anilines is 1. The Balaban J connectivity index is 2.35. The molecular weight excluding hydrogens is 242 g/mol. The molecule has 5 heteroatoms. The standard InChI is InChI=1S/C14H21N3O2/c1-10(15)14-11(4-3-5-12(14)19-2)17-8-6-13(18)16-7-9-17/h3-5,10H,6-9,15H2,1-2H3,(H,16,18)/t10-/m0/s1. The van der Waals surface area contributed by atoms with E-state index in [1.54, 1.807) is 7.11 Å². The molecule has 1 aromatic rings. The predicted octanol–water partition coefficient (Wildman–Crippen LogP) is 1.04. The molecule has 0 aliphatic carbocycles. The number of benzene rings is 1. The molecule has 1 aromatic carbocycles. The molecule has 1 heterocycles. The van der Waals surface area contributed by atoms with E-state index in [0.29, 0.717) is 19.5 Å². The van der Waals surface area contributed by atoms with Crippen molar-refractivity contribution in [2.24, 2.45) is 5.73 Å². The van der Waals surface area contributed by atoms with Crippen LogP contribution in [0, 0.1) is 0 Å². The van der Waals surface area contributed by atoms with E-state index in [1.807, 2.05) is 25.1 Å². The number of amides is 1. The first-order valence-corrected chi connectivity index (χ1v) is 6.57. The highest BCUT2D eigenvalue weighted by atomic mass is 16.5.